The fourth-order valence-electron chi connectivity index (χ4n) is 4.92. The molecule has 1 fully saturated rings. The molecule has 5 aromatic carbocycles. The van der Waals surface area contributed by atoms with Crippen LogP contribution in [0.15, 0.2) is 151 Å². The lowest BCUT2D eigenvalue weighted by atomic mass is 9.85. The molecule has 1 heterocycles. The van der Waals surface area contributed by atoms with Gasteiger partial charge in [0.1, 0.15) is 5.75 Å². The van der Waals surface area contributed by atoms with Gasteiger partial charge in [0.25, 0.3) is 5.91 Å². The van der Waals surface area contributed by atoms with E-state index in [1.807, 2.05) is 146 Å². The van der Waals surface area contributed by atoms with Gasteiger partial charge in [-0.15, -0.1) is 0 Å². The average Bonchev–Trinajstić information content (AvgIpc) is 3.01. The number of nitrogens with zero attached hydrogens (tertiary/aromatic N) is 1. The molecule has 1 saturated heterocycles. The summed E-state index contributed by atoms with van der Waals surface area (Å²) in [6.45, 7) is 0. The quantitative estimate of drug-likeness (QED) is 0.173. The minimum atomic E-state index is -0.845. The van der Waals surface area contributed by atoms with Crippen LogP contribution in [0.3, 0.4) is 0 Å². The van der Waals surface area contributed by atoms with Crippen molar-refractivity contribution in [3.63, 3.8) is 0 Å². The molecule has 4 nitrogen and oxygen atoms in total. The maximum absolute atomic E-state index is 13.8. The first-order chi connectivity index (χ1) is 19.2. The Balaban J connectivity index is 1.60. The Kier molecular flexibility index (Phi) is 6.59. The minimum Gasteiger partial charge on any atom is -0.474 e. The topological polar surface area (TPSA) is 46.6 Å². The smallest absolute Gasteiger partial charge is 0.278 e. The zero-order valence-electron chi connectivity index (χ0n) is 21.1. The number of benzene rings is 5. The molecule has 1 aliphatic rings. The Bertz CT molecular complexity index is 1650. The highest BCUT2D eigenvalue weighted by Gasteiger charge is 2.48. The number of para-hydroxylation sites is 2. The fourth-order valence-corrected chi connectivity index (χ4v) is 4.92. The van der Waals surface area contributed by atoms with Crippen LogP contribution in [0.4, 0.5) is 5.69 Å². The monoisotopic (exact) mass is 507 g/mol. The minimum absolute atomic E-state index is 0.0855. The van der Waals surface area contributed by atoms with Gasteiger partial charge >= 0.3 is 0 Å². The molecule has 4 heteroatoms. The molecule has 0 aliphatic carbocycles. The first-order valence-corrected chi connectivity index (χ1v) is 12.8. The highest BCUT2D eigenvalue weighted by atomic mass is 16.5. The second-order valence-electron chi connectivity index (χ2n) is 9.19. The molecular weight excluding hydrogens is 482 g/mol. The largest absolute Gasteiger partial charge is 0.474 e. The lowest BCUT2D eigenvalue weighted by Crippen LogP contribution is -2.57. The van der Waals surface area contributed by atoms with Crippen molar-refractivity contribution >= 4 is 23.0 Å². The molecule has 1 amide bonds. The number of β-lactam (4-membered cyclic amide) rings is 1. The number of ether oxygens (including phenoxy) is 1. The molecule has 0 radical (unpaired) electrons. The first-order valence-electron chi connectivity index (χ1n) is 12.8. The van der Waals surface area contributed by atoms with E-state index in [9.17, 15) is 9.59 Å². The van der Waals surface area contributed by atoms with E-state index in [2.05, 4.69) is 0 Å². The van der Waals surface area contributed by atoms with Crippen LogP contribution in [-0.4, -0.2) is 17.8 Å². The van der Waals surface area contributed by atoms with E-state index in [0.717, 1.165) is 22.4 Å². The van der Waals surface area contributed by atoms with Gasteiger partial charge in [0, 0.05) is 22.4 Å². The zero-order chi connectivity index (χ0) is 26.6. The second-order valence-corrected chi connectivity index (χ2v) is 9.19. The van der Waals surface area contributed by atoms with Crippen LogP contribution in [0.5, 0.6) is 5.75 Å². The molecule has 5 aromatic rings. The van der Waals surface area contributed by atoms with Gasteiger partial charge in [0.2, 0.25) is 6.10 Å². The van der Waals surface area contributed by atoms with Gasteiger partial charge in [-0.3, -0.25) is 14.5 Å². The standard InChI is InChI=1S/C35H25NO3/c37-33(26-17-7-2-8-18-26)30-24-14-13-23-29(30)31(25-15-5-1-6-16-25)32-34(39-28-21-11-4-12-22-28)35(38)36(32)27-19-9-3-10-20-27/h1-24,34H/b32-31+. The average molecular weight is 508 g/mol. The van der Waals surface area contributed by atoms with Crippen molar-refractivity contribution in [2.75, 3.05) is 4.90 Å². The Hall–Kier alpha value is -5.22. The van der Waals surface area contributed by atoms with Crippen LogP contribution in [0.1, 0.15) is 27.0 Å². The van der Waals surface area contributed by atoms with Crippen molar-refractivity contribution in [1.82, 2.24) is 0 Å². The van der Waals surface area contributed by atoms with Crippen LogP contribution in [0.2, 0.25) is 0 Å². The summed E-state index contributed by atoms with van der Waals surface area (Å²) in [7, 11) is 0. The highest BCUT2D eigenvalue weighted by Crippen LogP contribution is 2.42. The molecule has 39 heavy (non-hydrogen) atoms. The summed E-state index contributed by atoms with van der Waals surface area (Å²) in [6, 6.07) is 45.5. The molecule has 0 N–H and O–H groups in total. The molecule has 0 spiro atoms. The van der Waals surface area contributed by atoms with Crippen molar-refractivity contribution < 1.29 is 14.3 Å². The summed E-state index contributed by atoms with van der Waals surface area (Å²) in [4.78, 5) is 29.2. The van der Waals surface area contributed by atoms with E-state index in [0.29, 0.717) is 22.6 Å². The van der Waals surface area contributed by atoms with E-state index in [1.165, 1.54) is 0 Å². The van der Waals surface area contributed by atoms with E-state index >= 15 is 0 Å². The maximum atomic E-state index is 13.8. The fraction of sp³-hybridized carbons (Fsp3) is 0.0286. The Morgan fingerprint density at radius 2 is 1.05 bits per heavy atom. The van der Waals surface area contributed by atoms with Crippen molar-refractivity contribution in [3.8, 4) is 5.75 Å². The first kappa shape index (κ1) is 24.1. The molecule has 1 atom stereocenters. The lowest BCUT2D eigenvalue weighted by molar-refractivity contribution is -0.127. The Labute approximate surface area is 227 Å². The molecule has 0 bridgehead atoms. The van der Waals surface area contributed by atoms with Gasteiger partial charge in [0.15, 0.2) is 5.78 Å². The predicted octanol–water partition coefficient (Wildman–Crippen LogP) is 7.17. The zero-order valence-corrected chi connectivity index (χ0v) is 21.1. The van der Waals surface area contributed by atoms with Crippen molar-refractivity contribution in [2.45, 2.75) is 6.10 Å². The summed E-state index contributed by atoms with van der Waals surface area (Å²) in [5, 5.41) is 0. The highest BCUT2D eigenvalue weighted by molar-refractivity contribution is 6.17. The summed E-state index contributed by atoms with van der Waals surface area (Å²) in [5.41, 5.74) is 4.99. The number of carbonyl (C=O) groups is 2. The summed E-state index contributed by atoms with van der Waals surface area (Å²) in [5.74, 6) is 0.347. The number of rotatable bonds is 7. The molecular formula is C35H25NO3. The van der Waals surface area contributed by atoms with Crippen LogP contribution < -0.4 is 9.64 Å². The number of hydrogen-bond donors (Lipinski definition) is 0. The van der Waals surface area contributed by atoms with Crippen molar-refractivity contribution in [3.05, 3.63) is 174 Å². The van der Waals surface area contributed by atoms with Gasteiger partial charge in [-0.25, -0.2) is 0 Å². The lowest BCUT2D eigenvalue weighted by Gasteiger charge is -2.42. The summed E-state index contributed by atoms with van der Waals surface area (Å²) >= 11 is 0. The van der Waals surface area contributed by atoms with Gasteiger partial charge < -0.3 is 4.74 Å². The van der Waals surface area contributed by atoms with E-state index in [4.69, 9.17) is 4.74 Å². The molecule has 188 valence electrons. The van der Waals surface area contributed by atoms with Gasteiger partial charge in [-0.05, 0) is 35.4 Å². The molecule has 0 aromatic heterocycles. The van der Waals surface area contributed by atoms with Crippen LogP contribution in [0, 0.1) is 0 Å². The third-order valence-corrected chi connectivity index (χ3v) is 6.74. The van der Waals surface area contributed by atoms with Crippen molar-refractivity contribution in [1.29, 1.82) is 0 Å². The third-order valence-electron chi connectivity index (χ3n) is 6.74. The van der Waals surface area contributed by atoms with Crippen molar-refractivity contribution in [2.24, 2.45) is 0 Å². The normalized spacial score (nSPS) is 15.8. The SMILES string of the molecule is O=C(c1ccccc1)c1ccccc1/C(=C1\C(Oc2ccccc2)C(=O)N1c1ccccc1)c1ccccc1. The second kappa shape index (κ2) is 10.6. The molecule has 0 saturated carbocycles. The molecule has 1 unspecified atom stereocenters. The maximum Gasteiger partial charge on any atom is 0.278 e. The number of carbonyl (C=O) groups excluding carboxylic acids is 2. The number of ketones is 1. The Morgan fingerprint density at radius 3 is 1.67 bits per heavy atom. The van der Waals surface area contributed by atoms with E-state index in [-0.39, 0.29) is 11.7 Å². The molecule has 1 aliphatic heterocycles. The van der Waals surface area contributed by atoms with Gasteiger partial charge in [0.05, 0.1) is 5.70 Å². The third kappa shape index (κ3) is 4.64. The Morgan fingerprint density at radius 1 is 0.564 bits per heavy atom. The summed E-state index contributed by atoms with van der Waals surface area (Å²) < 4.78 is 6.30. The van der Waals surface area contributed by atoms with Gasteiger partial charge in [-0.2, -0.15) is 0 Å². The summed E-state index contributed by atoms with van der Waals surface area (Å²) in [6.07, 6.45) is -0.845. The van der Waals surface area contributed by atoms with E-state index in [1.54, 1.807) is 4.90 Å². The van der Waals surface area contributed by atoms with Crippen LogP contribution in [-0.2, 0) is 4.79 Å². The van der Waals surface area contributed by atoms with Crippen LogP contribution >= 0.6 is 0 Å². The molecule has 6 rings (SSSR count). The number of hydrogen-bond acceptors (Lipinski definition) is 3. The van der Waals surface area contributed by atoms with Gasteiger partial charge in [-0.1, -0.05) is 121 Å². The van der Waals surface area contributed by atoms with Crippen LogP contribution in [0.25, 0.3) is 5.57 Å². The predicted molar refractivity (Wildman–Crippen MR) is 154 cm³/mol. The van der Waals surface area contributed by atoms with E-state index < -0.39 is 6.10 Å². The number of anilines is 1. The number of amides is 1.